The summed E-state index contributed by atoms with van der Waals surface area (Å²) < 4.78 is 7.98. The molecule has 1 atom stereocenters. The summed E-state index contributed by atoms with van der Waals surface area (Å²) in [4.78, 5) is 17.3. The predicted molar refractivity (Wildman–Crippen MR) is 99.3 cm³/mol. The van der Waals surface area contributed by atoms with Crippen LogP contribution in [0.3, 0.4) is 0 Å². The van der Waals surface area contributed by atoms with Crippen molar-refractivity contribution in [3.8, 4) is 5.69 Å². The molecule has 2 N–H and O–H groups in total. The number of benzene rings is 1. The number of ether oxygens (including phenoxy) is 1. The highest BCUT2D eigenvalue weighted by Gasteiger charge is 2.22. The highest BCUT2D eigenvalue weighted by atomic mass is 32.1. The van der Waals surface area contributed by atoms with Crippen LogP contribution in [0.25, 0.3) is 10.5 Å². The van der Waals surface area contributed by atoms with E-state index in [1.165, 1.54) is 7.11 Å². The molecule has 0 fully saturated rings. The lowest BCUT2D eigenvalue weighted by atomic mass is 10.2. The number of aromatic nitrogens is 5. The second-order valence-corrected chi connectivity index (χ2v) is 7.03. The molecule has 0 bridgehead atoms. The summed E-state index contributed by atoms with van der Waals surface area (Å²) in [5, 5.41) is 21.6. The first-order valence-corrected chi connectivity index (χ1v) is 8.85. The molecule has 0 aliphatic carbocycles. The van der Waals surface area contributed by atoms with E-state index < -0.39 is 12.2 Å². The minimum absolute atomic E-state index is 0.434. The zero-order chi connectivity index (χ0) is 19.0. The van der Waals surface area contributed by atoms with Crippen molar-refractivity contribution in [1.29, 1.82) is 0 Å². The summed E-state index contributed by atoms with van der Waals surface area (Å²) in [6.07, 6.45) is 3.66. The van der Waals surface area contributed by atoms with Gasteiger partial charge in [-0.05, 0) is 31.2 Å². The van der Waals surface area contributed by atoms with E-state index in [4.69, 9.17) is 0 Å². The van der Waals surface area contributed by atoms with E-state index >= 15 is 0 Å². The number of amides is 1. The molecule has 0 spiro atoms. The van der Waals surface area contributed by atoms with Crippen LogP contribution in [-0.2, 0) is 4.74 Å². The zero-order valence-corrected chi connectivity index (χ0v) is 15.3. The molecule has 1 unspecified atom stereocenters. The van der Waals surface area contributed by atoms with Gasteiger partial charge in [0.05, 0.1) is 30.9 Å². The normalized spacial score (nSPS) is 12.3. The van der Waals surface area contributed by atoms with Crippen LogP contribution < -0.4 is 5.32 Å². The molecule has 0 saturated heterocycles. The Kier molecular flexibility index (Phi) is 4.34. The van der Waals surface area contributed by atoms with Gasteiger partial charge in [0.2, 0.25) is 0 Å². The third kappa shape index (κ3) is 3.15. The van der Waals surface area contributed by atoms with Crippen molar-refractivity contribution in [3.05, 3.63) is 59.3 Å². The number of thiazole rings is 1. The number of nitrogens with one attached hydrogen (secondary N) is 1. The number of methoxy groups -OCH3 is 1. The van der Waals surface area contributed by atoms with E-state index in [1.54, 1.807) is 59.0 Å². The SMILES string of the molecule is COC(=O)Nc1ccc(-n2cc(C(O)c3c(C)sc4cncn34)nn2)cc1. The largest absolute Gasteiger partial charge is 0.453 e. The number of hydrogen-bond donors (Lipinski definition) is 2. The van der Waals surface area contributed by atoms with Gasteiger partial charge in [0, 0.05) is 10.6 Å². The Labute approximate surface area is 157 Å². The highest BCUT2D eigenvalue weighted by molar-refractivity contribution is 7.17. The van der Waals surface area contributed by atoms with E-state index in [1.807, 2.05) is 11.3 Å². The van der Waals surface area contributed by atoms with Gasteiger partial charge in [-0.2, -0.15) is 0 Å². The average Bonchev–Trinajstić information content (AvgIpc) is 3.37. The molecular weight excluding hydrogens is 368 g/mol. The number of imidazole rings is 1. The molecule has 4 rings (SSSR count). The quantitative estimate of drug-likeness (QED) is 0.560. The lowest BCUT2D eigenvalue weighted by Crippen LogP contribution is -2.10. The van der Waals surface area contributed by atoms with E-state index in [0.717, 1.165) is 21.1 Å². The van der Waals surface area contributed by atoms with Gasteiger partial charge in [-0.25, -0.2) is 14.5 Å². The molecule has 0 radical (unpaired) electrons. The highest BCUT2D eigenvalue weighted by Crippen LogP contribution is 2.30. The Morgan fingerprint density at radius 3 is 2.85 bits per heavy atom. The lowest BCUT2D eigenvalue weighted by molar-refractivity contribution is 0.187. The number of rotatable bonds is 4. The maximum absolute atomic E-state index is 11.2. The maximum Gasteiger partial charge on any atom is 0.411 e. The van der Waals surface area contributed by atoms with Crippen LogP contribution in [0.1, 0.15) is 22.4 Å². The fourth-order valence-corrected chi connectivity index (χ4v) is 3.76. The van der Waals surface area contributed by atoms with Crippen molar-refractivity contribution in [3.63, 3.8) is 0 Å². The van der Waals surface area contributed by atoms with Crippen LogP contribution in [0.2, 0.25) is 0 Å². The summed E-state index contributed by atoms with van der Waals surface area (Å²) >= 11 is 1.56. The smallest absolute Gasteiger partial charge is 0.411 e. The van der Waals surface area contributed by atoms with Crippen LogP contribution in [0.4, 0.5) is 10.5 Å². The number of carbonyl (C=O) groups excluding carboxylic acids is 1. The van der Waals surface area contributed by atoms with Gasteiger partial charge >= 0.3 is 6.09 Å². The molecule has 27 heavy (non-hydrogen) atoms. The Bertz CT molecular complexity index is 1100. The molecule has 1 aromatic carbocycles. The van der Waals surface area contributed by atoms with Crippen LogP contribution in [0.5, 0.6) is 0 Å². The van der Waals surface area contributed by atoms with Gasteiger partial charge in [-0.1, -0.05) is 5.21 Å². The topological polar surface area (TPSA) is 107 Å². The molecule has 1 amide bonds. The van der Waals surface area contributed by atoms with Crippen molar-refractivity contribution in [2.75, 3.05) is 12.4 Å². The predicted octanol–water partition coefficient (Wildman–Crippen LogP) is 2.54. The second kappa shape index (κ2) is 6.82. The van der Waals surface area contributed by atoms with E-state index in [2.05, 4.69) is 25.3 Å². The second-order valence-electron chi connectivity index (χ2n) is 5.80. The lowest BCUT2D eigenvalue weighted by Gasteiger charge is -2.08. The van der Waals surface area contributed by atoms with E-state index in [9.17, 15) is 9.90 Å². The number of nitrogens with zero attached hydrogens (tertiary/aromatic N) is 5. The average molecular weight is 384 g/mol. The number of aliphatic hydroxyl groups is 1. The van der Waals surface area contributed by atoms with Gasteiger partial charge in [-0.3, -0.25) is 9.72 Å². The van der Waals surface area contributed by atoms with E-state index in [0.29, 0.717) is 11.4 Å². The third-order valence-corrected chi connectivity index (χ3v) is 5.12. The van der Waals surface area contributed by atoms with Crippen molar-refractivity contribution < 1.29 is 14.6 Å². The molecule has 138 valence electrons. The minimum Gasteiger partial charge on any atom is -0.453 e. The van der Waals surface area contributed by atoms with Crippen LogP contribution >= 0.6 is 11.3 Å². The fourth-order valence-electron chi connectivity index (χ4n) is 2.78. The van der Waals surface area contributed by atoms with Crippen molar-refractivity contribution in [1.82, 2.24) is 24.4 Å². The molecule has 4 aromatic rings. The summed E-state index contributed by atoms with van der Waals surface area (Å²) in [6, 6.07) is 7.00. The summed E-state index contributed by atoms with van der Waals surface area (Å²) in [6.45, 7) is 1.95. The van der Waals surface area contributed by atoms with Crippen molar-refractivity contribution >= 4 is 27.9 Å². The first-order valence-electron chi connectivity index (χ1n) is 8.04. The van der Waals surface area contributed by atoms with Gasteiger partial charge in [0.25, 0.3) is 0 Å². The van der Waals surface area contributed by atoms with Gasteiger partial charge < -0.3 is 9.84 Å². The Balaban J connectivity index is 1.59. The van der Waals surface area contributed by atoms with Gasteiger partial charge in [0.1, 0.15) is 23.0 Å². The van der Waals surface area contributed by atoms with Crippen LogP contribution in [0.15, 0.2) is 43.0 Å². The fraction of sp³-hybridized carbons (Fsp3) is 0.176. The third-order valence-electron chi connectivity index (χ3n) is 4.10. The Hall–Kier alpha value is -3.24. The first-order chi connectivity index (χ1) is 13.1. The summed E-state index contributed by atoms with van der Waals surface area (Å²) in [7, 11) is 1.30. The number of hydrogen-bond acceptors (Lipinski definition) is 7. The molecule has 0 aliphatic heterocycles. The molecule has 9 nitrogen and oxygen atoms in total. The van der Waals surface area contributed by atoms with Gasteiger partial charge in [-0.15, -0.1) is 16.4 Å². The number of carbonyl (C=O) groups is 1. The Morgan fingerprint density at radius 1 is 1.33 bits per heavy atom. The molecular formula is C17H16N6O3S. The summed E-state index contributed by atoms with van der Waals surface area (Å²) in [5.74, 6) is 0. The van der Waals surface area contributed by atoms with Crippen LogP contribution in [0, 0.1) is 6.92 Å². The van der Waals surface area contributed by atoms with Gasteiger partial charge in [0.15, 0.2) is 0 Å². The minimum atomic E-state index is -0.915. The number of aryl methyl sites for hydroxylation is 1. The zero-order valence-electron chi connectivity index (χ0n) is 14.5. The number of anilines is 1. The standard InChI is InChI=1S/C17H16N6O3S/c1-10-15(22-9-18-7-14(22)27-10)16(24)13-8-23(21-20-13)12-5-3-11(4-6-12)19-17(25)26-2/h3-9,16,24H,1-2H3,(H,19,25). The summed E-state index contributed by atoms with van der Waals surface area (Å²) in [5.41, 5.74) is 2.51. The number of fused-ring (bicyclic) bond motifs is 1. The Morgan fingerprint density at radius 2 is 2.11 bits per heavy atom. The van der Waals surface area contributed by atoms with E-state index in [-0.39, 0.29) is 0 Å². The van der Waals surface area contributed by atoms with Crippen LogP contribution in [-0.4, -0.2) is 42.7 Å². The molecule has 10 heteroatoms. The molecule has 0 saturated carbocycles. The van der Waals surface area contributed by atoms with Crippen molar-refractivity contribution in [2.24, 2.45) is 0 Å². The molecule has 3 aromatic heterocycles. The maximum atomic E-state index is 11.2. The first kappa shape index (κ1) is 17.2. The monoisotopic (exact) mass is 384 g/mol. The number of aliphatic hydroxyl groups excluding tert-OH is 1. The van der Waals surface area contributed by atoms with Crippen molar-refractivity contribution in [2.45, 2.75) is 13.0 Å². The molecule has 0 aliphatic rings. The molecule has 3 heterocycles.